The minimum absolute atomic E-state index is 0.0181. The Bertz CT molecular complexity index is 695. The Morgan fingerprint density at radius 2 is 2.00 bits per heavy atom. The van der Waals surface area contributed by atoms with E-state index in [0.29, 0.717) is 16.8 Å². The van der Waals surface area contributed by atoms with Crippen molar-refractivity contribution in [2.75, 3.05) is 26.2 Å². The average molecular weight is 335 g/mol. The zero-order chi connectivity index (χ0) is 16.4. The molecule has 0 bridgehead atoms. The average Bonchev–Trinajstić information content (AvgIpc) is 3.04. The third-order valence-electron chi connectivity index (χ3n) is 4.18. The van der Waals surface area contributed by atoms with Gasteiger partial charge in [-0.3, -0.25) is 9.69 Å². The lowest BCUT2D eigenvalue weighted by atomic mass is 10.2. The molecule has 1 aliphatic heterocycles. The van der Waals surface area contributed by atoms with Gasteiger partial charge in [0, 0.05) is 43.7 Å². The van der Waals surface area contributed by atoms with Gasteiger partial charge in [0.2, 0.25) is 17.7 Å². The molecule has 1 fully saturated rings. The molecule has 23 heavy (non-hydrogen) atoms. The second-order valence-electron chi connectivity index (χ2n) is 5.67. The number of halogens is 1. The smallest absolute Gasteiger partial charge is 0.247 e. The van der Waals surface area contributed by atoms with Crippen molar-refractivity contribution in [2.24, 2.45) is 0 Å². The maximum absolute atomic E-state index is 11.4. The summed E-state index contributed by atoms with van der Waals surface area (Å²) >= 11 is 5.99. The SMILES string of the molecule is CC(=O)N1CCN([C@H](C)c2nnc(-c3cccc(Cl)c3)o2)CC1. The van der Waals surface area contributed by atoms with E-state index in [9.17, 15) is 4.79 Å². The van der Waals surface area contributed by atoms with Crippen molar-refractivity contribution in [2.45, 2.75) is 19.9 Å². The summed E-state index contributed by atoms with van der Waals surface area (Å²) in [4.78, 5) is 15.5. The highest BCUT2D eigenvalue weighted by atomic mass is 35.5. The molecule has 1 aromatic heterocycles. The molecule has 122 valence electrons. The molecule has 1 amide bonds. The van der Waals surface area contributed by atoms with E-state index in [-0.39, 0.29) is 11.9 Å². The molecule has 3 rings (SSSR count). The Morgan fingerprint density at radius 3 is 2.65 bits per heavy atom. The van der Waals surface area contributed by atoms with Crippen LogP contribution in [0.15, 0.2) is 28.7 Å². The molecule has 0 aliphatic carbocycles. The summed E-state index contributed by atoms with van der Waals surface area (Å²) in [5.41, 5.74) is 0.810. The second-order valence-corrected chi connectivity index (χ2v) is 6.11. The van der Waals surface area contributed by atoms with Crippen LogP contribution in [0.2, 0.25) is 5.02 Å². The van der Waals surface area contributed by atoms with E-state index in [0.717, 1.165) is 31.7 Å². The Balaban J connectivity index is 1.69. The second kappa shape index (κ2) is 6.68. The third kappa shape index (κ3) is 3.54. The summed E-state index contributed by atoms with van der Waals surface area (Å²) in [5, 5.41) is 8.92. The summed E-state index contributed by atoms with van der Waals surface area (Å²) < 4.78 is 5.81. The van der Waals surface area contributed by atoms with E-state index in [4.69, 9.17) is 16.0 Å². The molecular weight excluding hydrogens is 316 g/mol. The van der Waals surface area contributed by atoms with Crippen LogP contribution in [-0.2, 0) is 4.79 Å². The van der Waals surface area contributed by atoms with E-state index < -0.39 is 0 Å². The standard InChI is InChI=1S/C16H19ClN4O2/c1-11(20-6-8-21(9-7-20)12(2)22)15-18-19-16(23-15)13-4-3-5-14(17)10-13/h3-5,10-11H,6-9H2,1-2H3/t11-/m1/s1. The topological polar surface area (TPSA) is 62.5 Å². The lowest BCUT2D eigenvalue weighted by Crippen LogP contribution is -2.48. The van der Waals surface area contributed by atoms with Gasteiger partial charge in [-0.05, 0) is 25.1 Å². The number of piperazine rings is 1. The fourth-order valence-corrected chi connectivity index (χ4v) is 2.91. The van der Waals surface area contributed by atoms with Crippen molar-refractivity contribution < 1.29 is 9.21 Å². The van der Waals surface area contributed by atoms with Crippen molar-refractivity contribution in [3.8, 4) is 11.5 Å². The van der Waals surface area contributed by atoms with Crippen LogP contribution in [0.4, 0.5) is 0 Å². The van der Waals surface area contributed by atoms with Gasteiger partial charge < -0.3 is 9.32 Å². The lowest BCUT2D eigenvalue weighted by molar-refractivity contribution is -0.130. The summed E-state index contributed by atoms with van der Waals surface area (Å²) in [6.45, 7) is 6.71. The first kappa shape index (κ1) is 16.0. The van der Waals surface area contributed by atoms with Gasteiger partial charge in [0.05, 0.1) is 6.04 Å². The van der Waals surface area contributed by atoms with Crippen LogP contribution in [0.1, 0.15) is 25.8 Å². The fraction of sp³-hybridized carbons (Fsp3) is 0.438. The summed E-state index contributed by atoms with van der Waals surface area (Å²) in [6, 6.07) is 7.37. The summed E-state index contributed by atoms with van der Waals surface area (Å²) in [5.74, 6) is 1.17. The van der Waals surface area contributed by atoms with E-state index >= 15 is 0 Å². The maximum atomic E-state index is 11.4. The molecule has 2 heterocycles. The number of amides is 1. The Labute approximate surface area is 140 Å². The number of hydrogen-bond acceptors (Lipinski definition) is 5. The molecule has 6 nitrogen and oxygen atoms in total. The van der Waals surface area contributed by atoms with Crippen LogP contribution in [0.25, 0.3) is 11.5 Å². The summed E-state index contributed by atoms with van der Waals surface area (Å²) in [6.07, 6.45) is 0. The zero-order valence-electron chi connectivity index (χ0n) is 13.2. The molecule has 2 aromatic rings. The lowest BCUT2D eigenvalue weighted by Gasteiger charge is -2.36. The van der Waals surface area contributed by atoms with Gasteiger partial charge in [-0.1, -0.05) is 17.7 Å². The van der Waals surface area contributed by atoms with Crippen LogP contribution in [0, 0.1) is 0 Å². The summed E-state index contributed by atoms with van der Waals surface area (Å²) in [7, 11) is 0. The van der Waals surface area contributed by atoms with Crippen molar-refractivity contribution >= 4 is 17.5 Å². The maximum Gasteiger partial charge on any atom is 0.247 e. The van der Waals surface area contributed by atoms with Crippen LogP contribution >= 0.6 is 11.6 Å². The van der Waals surface area contributed by atoms with Gasteiger partial charge in [0.25, 0.3) is 0 Å². The van der Waals surface area contributed by atoms with Crippen LogP contribution in [-0.4, -0.2) is 52.1 Å². The molecule has 0 unspecified atom stereocenters. The largest absolute Gasteiger partial charge is 0.419 e. The molecule has 0 N–H and O–H groups in total. The highest BCUT2D eigenvalue weighted by Gasteiger charge is 2.26. The first-order chi connectivity index (χ1) is 11.0. The predicted octanol–water partition coefficient (Wildman–Crippen LogP) is 2.62. The molecule has 0 spiro atoms. The Kier molecular flexibility index (Phi) is 4.63. The first-order valence-electron chi connectivity index (χ1n) is 7.63. The Hall–Kier alpha value is -1.92. The number of aromatic nitrogens is 2. The number of carbonyl (C=O) groups is 1. The first-order valence-corrected chi connectivity index (χ1v) is 8.01. The van der Waals surface area contributed by atoms with Gasteiger partial charge in [0.15, 0.2) is 0 Å². The van der Waals surface area contributed by atoms with Gasteiger partial charge in [0.1, 0.15) is 0 Å². The van der Waals surface area contributed by atoms with Gasteiger partial charge >= 0.3 is 0 Å². The van der Waals surface area contributed by atoms with Gasteiger partial charge in [-0.2, -0.15) is 0 Å². The van der Waals surface area contributed by atoms with E-state index in [1.807, 2.05) is 24.0 Å². The molecule has 1 aliphatic rings. The molecule has 1 aromatic carbocycles. The third-order valence-corrected chi connectivity index (χ3v) is 4.41. The van der Waals surface area contributed by atoms with Crippen LogP contribution in [0.5, 0.6) is 0 Å². The minimum atomic E-state index is 0.0181. The number of rotatable bonds is 3. The highest BCUT2D eigenvalue weighted by molar-refractivity contribution is 6.30. The van der Waals surface area contributed by atoms with Crippen molar-refractivity contribution in [1.29, 1.82) is 0 Å². The molecule has 0 saturated carbocycles. The van der Waals surface area contributed by atoms with Crippen molar-refractivity contribution in [3.63, 3.8) is 0 Å². The van der Waals surface area contributed by atoms with Crippen molar-refractivity contribution in [1.82, 2.24) is 20.0 Å². The molecule has 1 saturated heterocycles. The zero-order valence-corrected chi connectivity index (χ0v) is 14.0. The molecular formula is C16H19ClN4O2. The van der Waals surface area contributed by atoms with Crippen LogP contribution in [0.3, 0.4) is 0 Å². The number of carbonyl (C=O) groups excluding carboxylic acids is 1. The molecule has 1 atom stereocenters. The Morgan fingerprint density at radius 1 is 1.26 bits per heavy atom. The van der Waals surface area contributed by atoms with Crippen molar-refractivity contribution in [3.05, 3.63) is 35.2 Å². The normalized spacial score (nSPS) is 17.3. The number of nitrogens with zero attached hydrogens (tertiary/aromatic N) is 4. The van der Waals surface area contributed by atoms with E-state index in [1.165, 1.54) is 0 Å². The quantitative estimate of drug-likeness (QED) is 0.863. The predicted molar refractivity (Wildman–Crippen MR) is 87.0 cm³/mol. The monoisotopic (exact) mass is 334 g/mol. The van der Waals surface area contributed by atoms with Crippen LogP contribution < -0.4 is 0 Å². The van der Waals surface area contributed by atoms with Gasteiger partial charge in [-0.15, -0.1) is 10.2 Å². The fourth-order valence-electron chi connectivity index (χ4n) is 2.72. The van der Waals surface area contributed by atoms with Gasteiger partial charge in [-0.25, -0.2) is 0 Å². The minimum Gasteiger partial charge on any atom is -0.419 e. The van der Waals surface area contributed by atoms with E-state index in [1.54, 1.807) is 19.1 Å². The number of benzene rings is 1. The van der Waals surface area contributed by atoms with E-state index in [2.05, 4.69) is 15.1 Å². The molecule has 0 radical (unpaired) electrons. The molecule has 7 heteroatoms. The highest BCUT2D eigenvalue weighted by Crippen LogP contribution is 2.26. The number of hydrogen-bond donors (Lipinski definition) is 0.